The van der Waals surface area contributed by atoms with Gasteiger partial charge in [0.1, 0.15) is 5.52 Å². The summed E-state index contributed by atoms with van der Waals surface area (Å²) in [4.78, 5) is 2.70. The lowest BCUT2D eigenvalue weighted by Gasteiger charge is -1.95. The van der Waals surface area contributed by atoms with Gasteiger partial charge in [0, 0.05) is 12.0 Å². The van der Waals surface area contributed by atoms with Gasteiger partial charge in [-0.05, 0) is 23.2 Å². The maximum Gasteiger partial charge on any atom is 0.113 e. The molecule has 2 rings (SSSR count). The molecular weight excluding hydrogens is 180 g/mol. The van der Waals surface area contributed by atoms with Gasteiger partial charge in [-0.2, -0.15) is 0 Å². The second-order valence-corrected chi connectivity index (χ2v) is 2.93. The van der Waals surface area contributed by atoms with Gasteiger partial charge in [0.05, 0.1) is 12.1 Å². The van der Waals surface area contributed by atoms with E-state index < -0.39 is 0 Å². The average Bonchev–Trinajstić information content (AvgIpc) is 2.57. The first-order valence-electron chi connectivity index (χ1n) is 4.10. The summed E-state index contributed by atoms with van der Waals surface area (Å²) >= 11 is 0. The van der Waals surface area contributed by atoms with Gasteiger partial charge in [-0.25, -0.2) is 4.68 Å². The summed E-state index contributed by atoms with van der Waals surface area (Å²) in [7, 11) is 1.84. The molecule has 0 atom stereocenters. The van der Waals surface area contributed by atoms with Crippen molar-refractivity contribution in [1.82, 2.24) is 15.0 Å². The summed E-state index contributed by atoms with van der Waals surface area (Å²) in [6, 6.07) is 5.69. The van der Waals surface area contributed by atoms with Crippen molar-refractivity contribution < 1.29 is 0 Å². The highest BCUT2D eigenvalue weighted by Gasteiger charge is 2.01. The maximum absolute atomic E-state index is 8.17. The molecule has 0 N–H and O–H groups in total. The van der Waals surface area contributed by atoms with Gasteiger partial charge in [0.15, 0.2) is 0 Å². The smallest absolute Gasteiger partial charge is 0.113 e. The van der Waals surface area contributed by atoms with Crippen LogP contribution in [0.2, 0.25) is 0 Å². The van der Waals surface area contributed by atoms with Crippen LogP contribution >= 0.6 is 0 Å². The molecule has 0 unspecified atom stereocenters. The normalized spacial score (nSPS) is 10.1. The van der Waals surface area contributed by atoms with Crippen molar-refractivity contribution in [1.29, 1.82) is 0 Å². The molecule has 0 spiro atoms. The number of nitrogens with zero attached hydrogens (tertiary/aromatic N) is 6. The highest BCUT2D eigenvalue weighted by molar-refractivity contribution is 5.74. The van der Waals surface area contributed by atoms with E-state index in [-0.39, 0.29) is 0 Å². The number of azide groups is 1. The van der Waals surface area contributed by atoms with Crippen LogP contribution in [0.3, 0.4) is 0 Å². The van der Waals surface area contributed by atoms with Crippen molar-refractivity contribution in [3.05, 3.63) is 34.2 Å². The molecule has 0 saturated heterocycles. The molecule has 6 nitrogen and oxygen atoms in total. The quantitative estimate of drug-likeness (QED) is 0.409. The minimum absolute atomic E-state index is 0.350. The zero-order valence-electron chi connectivity index (χ0n) is 7.62. The standard InChI is InChI=1S/C8H8N6/c1-14-8-3-2-6(5-10-12-9)4-7(8)11-13-14/h2-4H,5H2,1H3. The lowest BCUT2D eigenvalue weighted by atomic mass is 10.2. The second kappa shape index (κ2) is 3.35. The first-order valence-corrected chi connectivity index (χ1v) is 4.10. The van der Waals surface area contributed by atoms with Crippen LogP contribution in [0.15, 0.2) is 23.3 Å². The highest BCUT2D eigenvalue weighted by atomic mass is 15.4. The molecule has 0 aliphatic rings. The molecule has 0 bridgehead atoms. The minimum Gasteiger partial charge on any atom is -0.248 e. The Morgan fingerprint density at radius 3 is 3.21 bits per heavy atom. The van der Waals surface area contributed by atoms with Gasteiger partial charge in [0.25, 0.3) is 0 Å². The topological polar surface area (TPSA) is 79.5 Å². The molecular formula is C8H8N6. The Morgan fingerprint density at radius 2 is 2.43 bits per heavy atom. The van der Waals surface area contributed by atoms with Crippen molar-refractivity contribution >= 4 is 11.0 Å². The minimum atomic E-state index is 0.350. The van der Waals surface area contributed by atoms with Gasteiger partial charge in [-0.3, -0.25) is 0 Å². The molecule has 2 aromatic rings. The van der Waals surface area contributed by atoms with Crippen LogP contribution in [0.25, 0.3) is 21.5 Å². The number of benzene rings is 1. The van der Waals surface area contributed by atoms with Crippen LogP contribution < -0.4 is 0 Å². The Kier molecular flexibility index (Phi) is 2.04. The molecule has 0 fully saturated rings. The summed E-state index contributed by atoms with van der Waals surface area (Å²) in [5.41, 5.74) is 10.9. The molecule has 6 heteroatoms. The molecule has 0 aliphatic heterocycles. The molecule has 1 aromatic carbocycles. The second-order valence-electron chi connectivity index (χ2n) is 2.93. The number of hydrogen-bond donors (Lipinski definition) is 0. The lowest BCUT2D eigenvalue weighted by molar-refractivity contribution is 0.736. The van der Waals surface area contributed by atoms with Crippen LogP contribution in [-0.4, -0.2) is 15.0 Å². The Bertz CT molecular complexity index is 508. The first-order chi connectivity index (χ1) is 6.81. The third kappa shape index (κ3) is 1.38. The van der Waals surface area contributed by atoms with E-state index in [1.807, 2.05) is 25.2 Å². The lowest BCUT2D eigenvalue weighted by Crippen LogP contribution is -1.89. The summed E-state index contributed by atoms with van der Waals surface area (Å²) in [6.07, 6.45) is 0. The number of aromatic nitrogens is 3. The zero-order chi connectivity index (χ0) is 9.97. The molecule has 0 radical (unpaired) electrons. The van der Waals surface area contributed by atoms with Gasteiger partial charge in [-0.15, -0.1) is 5.10 Å². The van der Waals surface area contributed by atoms with E-state index in [4.69, 9.17) is 5.53 Å². The number of hydrogen-bond acceptors (Lipinski definition) is 3. The van der Waals surface area contributed by atoms with E-state index in [1.54, 1.807) is 4.68 Å². The Hall–Kier alpha value is -2.07. The molecule has 0 amide bonds. The van der Waals surface area contributed by atoms with Crippen molar-refractivity contribution in [3.63, 3.8) is 0 Å². The van der Waals surface area contributed by atoms with E-state index >= 15 is 0 Å². The van der Waals surface area contributed by atoms with Gasteiger partial charge in [-0.1, -0.05) is 16.4 Å². The first kappa shape index (κ1) is 8.52. The molecule has 0 aliphatic carbocycles. The average molecular weight is 188 g/mol. The summed E-state index contributed by atoms with van der Waals surface area (Å²) in [6.45, 7) is 0.350. The van der Waals surface area contributed by atoms with Gasteiger partial charge < -0.3 is 0 Å². The predicted molar refractivity (Wildman–Crippen MR) is 51.4 cm³/mol. The van der Waals surface area contributed by atoms with Crippen molar-refractivity contribution in [3.8, 4) is 0 Å². The summed E-state index contributed by atoms with van der Waals surface area (Å²) < 4.78 is 1.70. The summed E-state index contributed by atoms with van der Waals surface area (Å²) in [5, 5.41) is 11.3. The SMILES string of the molecule is Cn1nnc2cc(CN=[N+]=[N-])ccc21. The molecule has 70 valence electrons. The van der Waals surface area contributed by atoms with Crippen LogP contribution in [0.1, 0.15) is 5.56 Å². The van der Waals surface area contributed by atoms with E-state index in [2.05, 4.69) is 20.3 Å². The molecule has 0 saturated carbocycles. The number of rotatable bonds is 2. The summed E-state index contributed by atoms with van der Waals surface area (Å²) in [5.74, 6) is 0. The fourth-order valence-corrected chi connectivity index (χ4v) is 1.30. The molecule has 1 heterocycles. The number of aryl methyl sites for hydroxylation is 1. The molecule has 14 heavy (non-hydrogen) atoms. The third-order valence-electron chi connectivity index (χ3n) is 1.99. The van der Waals surface area contributed by atoms with Crippen molar-refractivity contribution in [2.75, 3.05) is 0 Å². The van der Waals surface area contributed by atoms with Crippen LogP contribution in [0, 0.1) is 0 Å². The zero-order valence-corrected chi connectivity index (χ0v) is 7.62. The fraction of sp³-hybridized carbons (Fsp3) is 0.250. The number of fused-ring (bicyclic) bond motifs is 1. The predicted octanol–water partition coefficient (Wildman–Crippen LogP) is 1.78. The van der Waals surface area contributed by atoms with E-state index in [0.717, 1.165) is 16.6 Å². The fourth-order valence-electron chi connectivity index (χ4n) is 1.30. The van der Waals surface area contributed by atoms with Gasteiger partial charge in [0.2, 0.25) is 0 Å². The largest absolute Gasteiger partial charge is 0.248 e. The molecule has 1 aromatic heterocycles. The van der Waals surface area contributed by atoms with Crippen LogP contribution in [0.4, 0.5) is 0 Å². The third-order valence-corrected chi connectivity index (χ3v) is 1.99. The van der Waals surface area contributed by atoms with E-state index in [1.165, 1.54) is 0 Å². The van der Waals surface area contributed by atoms with Crippen LogP contribution in [0.5, 0.6) is 0 Å². The van der Waals surface area contributed by atoms with Crippen LogP contribution in [-0.2, 0) is 13.6 Å². The Balaban J connectivity index is 2.46. The Labute approximate surface area is 79.8 Å². The maximum atomic E-state index is 8.17. The Morgan fingerprint density at radius 1 is 1.57 bits per heavy atom. The highest BCUT2D eigenvalue weighted by Crippen LogP contribution is 2.12. The van der Waals surface area contributed by atoms with E-state index in [9.17, 15) is 0 Å². The van der Waals surface area contributed by atoms with Crippen molar-refractivity contribution in [2.24, 2.45) is 12.2 Å². The van der Waals surface area contributed by atoms with Crippen molar-refractivity contribution in [2.45, 2.75) is 6.54 Å². The monoisotopic (exact) mass is 188 g/mol. The van der Waals surface area contributed by atoms with E-state index in [0.29, 0.717) is 6.54 Å². The van der Waals surface area contributed by atoms with Gasteiger partial charge >= 0.3 is 0 Å².